The van der Waals surface area contributed by atoms with Crippen molar-refractivity contribution in [3.8, 4) is 16.9 Å². The van der Waals surface area contributed by atoms with Crippen LogP contribution >= 0.6 is 11.6 Å². The molecule has 2 aromatic rings. The van der Waals surface area contributed by atoms with E-state index < -0.39 is 0 Å². The van der Waals surface area contributed by atoms with E-state index in [0.29, 0.717) is 22.9 Å². The number of likely N-dealkylation sites (tertiary alicyclic amines) is 1. The molecule has 2 unspecified atom stereocenters. The summed E-state index contributed by atoms with van der Waals surface area (Å²) < 4.78 is 5.72. The molecule has 26 heavy (non-hydrogen) atoms. The molecule has 136 valence electrons. The van der Waals surface area contributed by atoms with Gasteiger partial charge in [0.1, 0.15) is 5.75 Å². The van der Waals surface area contributed by atoms with Gasteiger partial charge in [-0.15, -0.1) is 0 Å². The number of nitrogens with zero attached hydrogens (tertiary/aromatic N) is 1. The highest BCUT2D eigenvalue weighted by molar-refractivity contribution is 6.32. The molecule has 5 heteroatoms. The van der Waals surface area contributed by atoms with Gasteiger partial charge in [-0.1, -0.05) is 48.0 Å². The first-order chi connectivity index (χ1) is 12.7. The second-order valence-electron chi connectivity index (χ2n) is 7.07. The minimum absolute atomic E-state index is 0.0296. The van der Waals surface area contributed by atoms with E-state index in [-0.39, 0.29) is 12.5 Å². The van der Waals surface area contributed by atoms with Gasteiger partial charge in [-0.3, -0.25) is 4.79 Å². The summed E-state index contributed by atoms with van der Waals surface area (Å²) in [6.45, 7) is 1.61. The lowest BCUT2D eigenvalue weighted by Crippen LogP contribution is -2.41. The fourth-order valence-electron chi connectivity index (χ4n) is 3.83. The van der Waals surface area contributed by atoms with Gasteiger partial charge in [-0.05, 0) is 42.5 Å². The van der Waals surface area contributed by atoms with Crippen molar-refractivity contribution in [3.63, 3.8) is 0 Å². The number of nitrogens with one attached hydrogen (secondary N) is 1. The Morgan fingerprint density at radius 1 is 1.08 bits per heavy atom. The molecule has 2 fully saturated rings. The maximum Gasteiger partial charge on any atom is 0.260 e. The largest absolute Gasteiger partial charge is 0.482 e. The number of hydrogen-bond acceptors (Lipinski definition) is 3. The highest BCUT2D eigenvalue weighted by Crippen LogP contribution is 2.30. The maximum atomic E-state index is 12.5. The summed E-state index contributed by atoms with van der Waals surface area (Å²) in [5.41, 5.74) is 2.13. The monoisotopic (exact) mass is 370 g/mol. The highest BCUT2D eigenvalue weighted by Gasteiger charge is 2.31. The SMILES string of the molecule is O=C(COc1ccc(-c2ccccc2)cc1Cl)N1CCC2CCC(C1)N2. The molecular weight excluding hydrogens is 348 g/mol. The van der Waals surface area contributed by atoms with E-state index in [1.807, 2.05) is 53.4 Å². The molecule has 2 heterocycles. The minimum atomic E-state index is 0.0296. The Morgan fingerprint density at radius 3 is 2.69 bits per heavy atom. The Kier molecular flexibility index (Phi) is 5.14. The molecule has 2 bridgehead atoms. The van der Waals surface area contributed by atoms with Crippen molar-refractivity contribution in [2.45, 2.75) is 31.3 Å². The molecule has 2 aliphatic rings. The zero-order valence-electron chi connectivity index (χ0n) is 14.7. The second-order valence-corrected chi connectivity index (χ2v) is 7.47. The molecule has 4 rings (SSSR count). The number of carbonyl (C=O) groups is 1. The van der Waals surface area contributed by atoms with E-state index in [2.05, 4.69) is 5.32 Å². The van der Waals surface area contributed by atoms with Crippen LogP contribution in [0.25, 0.3) is 11.1 Å². The van der Waals surface area contributed by atoms with Crippen LogP contribution in [-0.4, -0.2) is 42.6 Å². The minimum Gasteiger partial charge on any atom is -0.482 e. The van der Waals surface area contributed by atoms with Gasteiger partial charge in [0.05, 0.1) is 5.02 Å². The van der Waals surface area contributed by atoms with Gasteiger partial charge in [0.15, 0.2) is 6.61 Å². The number of ether oxygens (including phenoxy) is 1. The molecule has 0 saturated carbocycles. The van der Waals surface area contributed by atoms with Crippen LogP contribution in [0.3, 0.4) is 0 Å². The molecule has 2 atom stereocenters. The summed E-state index contributed by atoms with van der Waals surface area (Å²) in [5.74, 6) is 0.580. The fraction of sp³-hybridized carbons (Fsp3) is 0.381. The smallest absolute Gasteiger partial charge is 0.260 e. The lowest BCUT2D eigenvalue weighted by molar-refractivity contribution is -0.133. The summed E-state index contributed by atoms with van der Waals surface area (Å²) in [6.07, 6.45) is 3.41. The quantitative estimate of drug-likeness (QED) is 0.891. The zero-order chi connectivity index (χ0) is 17.9. The number of carbonyl (C=O) groups excluding carboxylic acids is 1. The number of halogens is 1. The zero-order valence-corrected chi connectivity index (χ0v) is 15.4. The van der Waals surface area contributed by atoms with Crippen molar-refractivity contribution >= 4 is 17.5 Å². The first-order valence-electron chi connectivity index (χ1n) is 9.20. The van der Waals surface area contributed by atoms with Crippen molar-refractivity contribution < 1.29 is 9.53 Å². The maximum absolute atomic E-state index is 12.5. The predicted molar refractivity (Wildman–Crippen MR) is 104 cm³/mol. The number of amides is 1. The number of hydrogen-bond donors (Lipinski definition) is 1. The average molecular weight is 371 g/mol. The molecule has 0 spiro atoms. The molecule has 1 amide bonds. The Morgan fingerprint density at radius 2 is 1.88 bits per heavy atom. The van der Waals surface area contributed by atoms with Crippen LogP contribution in [0.2, 0.25) is 5.02 Å². The molecule has 2 saturated heterocycles. The van der Waals surface area contributed by atoms with Crippen molar-refractivity contribution in [1.82, 2.24) is 10.2 Å². The van der Waals surface area contributed by atoms with Crippen molar-refractivity contribution in [3.05, 3.63) is 53.6 Å². The summed E-state index contributed by atoms with van der Waals surface area (Å²) in [7, 11) is 0. The van der Waals surface area contributed by atoms with E-state index in [1.165, 1.54) is 6.42 Å². The van der Waals surface area contributed by atoms with E-state index in [4.69, 9.17) is 16.3 Å². The van der Waals surface area contributed by atoms with Crippen LogP contribution in [0.4, 0.5) is 0 Å². The first-order valence-corrected chi connectivity index (χ1v) is 9.58. The van der Waals surface area contributed by atoms with E-state index in [0.717, 1.165) is 37.1 Å². The predicted octanol–water partition coefficient (Wildman–Crippen LogP) is 3.74. The summed E-state index contributed by atoms with van der Waals surface area (Å²) in [5, 5.41) is 4.11. The van der Waals surface area contributed by atoms with Crippen molar-refractivity contribution in [2.24, 2.45) is 0 Å². The Labute approximate surface area is 159 Å². The third-order valence-corrected chi connectivity index (χ3v) is 5.56. The molecule has 0 aliphatic carbocycles. The third kappa shape index (κ3) is 3.87. The third-order valence-electron chi connectivity index (χ3n) is 5.27. The van der Waals surface area contributed by atoms with Crippen LogP contribution in [0, 0.1) is 0 Å². The molecule has 2 aromatic carbocycles. The van der Waals surface area contributed by atoms with Gasteiger partial charge in [0, 0.05) is 25.2 Å². The Bertz CT molecular complexity index is 781. The number of rotatable bonds is 4. The van der Waals surface area contributed by atoms with Gasteiger partial charge < -0.3 is 15.0 Å². The molecule has 0 aromatic heterocycles. The standard InChI is InChI=1S/C21H23ClN2O2/c22-19-12-16(15-4-2-1-3-5-15)6-9-20(19)26-14-21(25)24-11-10-17-7-8-18(13-24)23-17/h1-6,9,12,17-18,23H,7-8,10-11,13-14H2. The normalized spacial score (nSPS) is 22.1. The summed E-state index contributed by atoms with van der Waals surface area (Å²) >= 11 is 6.37. The van der Waals surface area contributed by atoms with Gasteiger partial charge in [0.2, 0.25) is 0 Å². The van der Waals surface area contributed by atoms with E-state index >= 15 is 0 Å². The molecule has 4 nitrogen and oxygen atoms in total. The van der Waals surface area contributed by atoms with Crippen LogP contribution in [-0.2, 0) is 4.79 Å². The highest BCUT2D eigenvalue weighted by atomic mass is 35.5. The van der Waals surface area contributed by atoms with Crippen LogP contribution in [0.1, 0.15) is 19.3 Å². The lowest BCUT2D eigenvalue weighted by Gasteiger charge is -2.24. The van der Waals surface area contributed by atoms with E-state index in [1.54, 1.807) is 0 Å². The van der Waals surface area contributed by atoms with Crippen LogP contribution in [0.15, 0.2) is 48.5 Å². The van der Waals surface area contributed by atoms with Gasteiger partial charge in [-0.25, -0.2) is 0 Å². The van der Waals surface area contributed by atoms with Crippen LogP contribution in [0.5, 0.6) is 5.75 Å². The van der Waals surface area contributed by atoms with Crippen molar-refractivity contribution in [2.75, 3.05) is 19.7 Å². The first kappa shape index (κ1) is 17.4. The Balaban J connectivity index is 1.37. The second kappa shape index (κ2) is 7.68. The van der Waals surface area contributed by atoms with E-state index in [9.17, 15) is 4.79 Å². The topological polar surface area (TPSA) is 41.6 Å². The summed E-state index contributed by atoms with van der Waals surface area (Å²) in [6, 6.07) is 16.7. The lowest BCUT2D eigenvalue weighted by atomic mass is 10.1. The molecule has 2 aliphatic heterocycles. The van der Waals surface area contributed by atoms with Gasteiger partial charge >= 0.3 is 0 Å². The average Bonchev–Trinajstić information content (AvgIpc) is 3.00. The Hall–Kier alpha value is -2.04. The van der Waals surface area contributed by atoms with Gasteiger partial charge in [-0.2, -0.15) is 0 Å². The number of benzene rings is 2. The number of fused-ring (bicyclic) bond motifs is 2. The van der Waals surface area contributed by atoms with Crippen molar-refractivity contribution in [1.29, 1.82) is 0 Å². The molecule has 1 N–H and O–H groups in total. The van der Waals surface area contributed by atoms with Gasteiger partial charge in [0.25, 0.3) is 5.91 Å². The fourth-order valence-corrected chi connectivity index (χ4v) is 4.06. The molecular formula is C21H23ClN2O2. The molecule has 0 radical (unpaired) electrons. The van der Waals surface area contributed by atoms with Crippen LogP contribution < -0.4 is 10.1 Å². The summed E-state index contributed by atoms with van der Waals surface area (Å²) in [4.78, 5) is 14.5.